The number of rotatable bonds is 0. The summed E-state index contributed by atoms with van der Waals surface area (Å²) < 4.78 is 0. The molecule has 3 heteroatoms. The van der Waals surface area contributed by atoms with Crippen LogP contribution in [0.15, 0.2) is 0 Å². The van der Waals surface area contributed by atoms with E-state index >= 15 is 0 Å². The van der Waals surface area contributed by atoms with Gasteiger partial charge in [0.2, 0.25) is 0 Å². The minimum Gasteiger partial charge on any atom is -0.199 e. The van der Waals surface area contributed by atoms with Crippen LogP contribution in [0.3, 0.4) is 0 Å². The van der Waals surface area contributed by atoms with Crippen molar-refractivity contribution in [2.45, 2.75) is 53.8 Å². The second-order valence-electron chi connectivity index (χ2n) is 5.83. The molecular weight excluding hydrogens is 168 g/mol. The van der Waals surface area contributed by atoms with Gasteiger partial charge in [0.15, 0.2) is 0 Å². The second-order valence-corrected chi connectivity index (χ2v) is 5.83. The predicted molar refractivity (Wildman–Crippen MR) is 49.7 cm³/mol. The quantitative estimate of drug-likeness (QED) is 0.547. The molecule has 0 unspecified atom stereocenters. The summed E-state index contributed by atoms with van der Waals surface area (Å²) in [5, 5.41) is 4.62. The minimum absolute atomic E-state index is 0.00694. The zero-order chi connectivity index (χ0) is 10.3. The van der Waals surface area contributed by atoms with Gasteiger partial charge in [0, 0.05) is 0 Å². The van der Waals surface area contributed by atoms with Crippen LogP contribution in [0, 0.1) is 10.8 Å². The SMILES string of the molecule is CC(C)(C)[C@@H]1OOO[C@H]1C(C)(C)C. The first-order valence-corrected chi connectivity index (χ1v) is 4.72. The maximum Gasteiger partial charge on any atom is 0.131 e. The van der Waals surface area contributed by atoms with E-state index in [4.69, 9.17) is 9.78 Å². The normalized spacial score (nSPS) is 30.9. The average molecular weight is 188 g/mol. The molecule has 0 aliphatic carbocycles. The molecule has 1 rings (SSSR count). The molecule has 0 radical (unpaired) electrons. The van der Waals surface area contributed by atoms with Gasteiger partial charge in [-0.3, -0.25) is 0 Å². The lowest BCUT2D eigenvalue weighted by Gasteiger charge is -2.33. The van der Waals surface area contributed by atoms with Crippen LogP contribution in [0.25, 0.3) is 0 Å². The monoisotopic (exact) mass is 188 g/mol. The molecule has 0 bridgehead atoms. The summed E-state index contributed by atoms with van der Waals surface area (Å²) in [7, 11) is 0. The third kappa shape index (κ3) is 2.42. The first-order chi connectivity index (χ1) is 5.73. The van der Waals surface area contributed by atoms with Gasteiger partial charge in [-0.25, -0.2) is 0 Å². The molecule has 1 fully saturated rings. The fourth-order valence-corrected chi connectivity index (χ4v) is 1.41. The highest BCUT2D eigenvalue weighted by atomic mass is 17.5. The molecule has 0 saturated carbocycles. The van der Waals surface area contributed by atoms with Crippen molar-refractivity contribution >= 4 is 0 Å². The van der Waals surface area contributed by atoms with Crippen molar-refractivity contribution in [2.75, 3.05) is 0 Å². The summed E-state index contributed by atoms with van der Waals surface area (Å²) >= 11 is 0. The smallest absolute Gasteiger partial charge is 0.131 e. The Balaban J connectivity index is 2.76. The van der Waals surface area contributed by atoms with Crippen molar-refractivity contribution < 1.29 is 14.8 Å². The highest BCUT2D eigenvalue weighted by Gasteiger charge is 2.46. The van der Waals surface area contributed by atoms with Crippen LogP contribution in [0.1, 0.15) is 41.5 Å². The predicted octanol–water partition coefficient (Wildman–Crippen LogP) is 2.71. The van der Waals surface area contributed by atoms with Gasteiger partial charge in [-0.1, -0.05) is 46.6 Å². The highest BCUT2D eigenvalue weighted by Crippen LogP contribution is 2.38. The Morgan fingerprint density at radius 3 is 1.23 bits per heavy atom. The lowest BCUT2D eigenvalue weighted by atomic mass is 9.76. The summed E-state index contributed by atoms with van der Waals surface area (Å²) in [5.41, 5.74) is 0.0723. The Bertz CT molecular complexity index is 156. The Morgan fingerprint density at radius 1 is 0.692 bits per heavy atom. The topological polar surface area (TPSA) is 27.7 Å². The first kappa shape index (κ1) is 11.0. The van der Waals surface area contributed by atoms with E-state index in [9.17, 15) is 0 Å². The first-order valence-electron chi connectivity index (χ1n) is 4.72. The molecule has 0 amide bonds. The van der Waals surface area contributed by atoms with Gasteiger partial charge in [-0.2, -0.15) is 9.78 Å². The molecule has 1 saturated heterocycles. The Labute approximate surface area is 80.2 Å². The molecule has 1 aliphatic heterocycles. The van der Waals surface area contributed by atoms with E-state index in [2.05, 4.69) is 46.6 Å². The van der Waals surface area contributed by atoms with Crippen molar-refractivity contribution in [1.82, 2.24) is 0 Å². The third-order valence-corrected chi connectivity index (χ3v) is 2.27. The van der Waals surface area contributed by atoms with Crippen LogP contribution >= 0.6 is 0 Å². The van der Waals surface area contributed by atoms with Crippen LogP contribution < -0.4 is 0 Å². The summed E-state index contributed by atoms with van der Waals surface area (Å²) in [4.78, 5) is 10.3. The molecular formula is C10H20O3. The average Bonchev–Trinajstić information content (AvgIpc) is 2.27. The van der Waals surface area contributed by atoms with Gasteiger partial charge in [-0.05, 0) is 10.8 Å². The zero-order valence-corrected chi connectivity index (χ0v) is 9.38. The van der Waals surface area contributed by atoms with Crippen molar-refractivity contribution in [1.29, 1.82) is 0 Å². The molecule has 0 N–H and O–H groups in total. The Hall–Kier alpha value is -0.120. The molecule has 1 heterocycles. The molecule has 0 aromatic carbocycles. The van der Waals surface area contributed by atoms with Gasteiger partial charge in [0.05, 0.1) is 0 Å². The van der Waals surface area contributed by atoms with Gasteiger partial charge >= 0.3 is 0 Å². The summed E-state index contributed by atoms with van der Waals surface area (Å²) in [6.07, 6.45) is -0.0139. The highest BCUT2D eigenvalue weighted by molar-refractivity contribution is 4.89. The molecule has 0 aromatic rings. The molecule has 0 aromatic heterocycles. The van der Waals surface area contributed by atoms with Gasteiger partial charge in [-0.15, -0.1) is 0 Å². The molecule has 0 spiro atoms. The van der Waals surface area contributed by atoms with Crippen molar-refractivity contribution in [2.24, 2.45) is 10.8 Å². The second kappa shape index (κ2) is 3.23. The van der Waals surface area contributed by atoms with E-state index in [0.717, 1.165) is 0 Å². The lowest BCUT2D eigenvalue weighted by Crippen LogP contribution is -2.42. The fraction of sp³-hybridized carbons (Fsp3) is 1.00. The summed E-state index contributed by atoms with van der Waals surface area (Å²) in [6, 6.07) is 0. The van der Waals surface area contributed by atoms with E-state index in [1.807, 2.05) is 0 Å². The van der Waals surface area contributed by atoms with Gasteiger partial charge in [0.1, 0.15) is 12.2 Å². The van der Waals surface area contributed by atoms with Crippen LogP contribution in [-0.4, -0.2) is 12.2 Å². The Kier molecular flexibility index (Phi) is 2.72. The van der Waals surface area contributed by atoms with Crippen LogP contribution in [0.4, 0.5) is 0 Å². The largest absolute Gasteiger partial charge is 0.199 e. The number of hydrogen-bond acceptors (Lipinski definition) is 3. The summed E-state index contributed by atoms with van der Waals surface area (Å²) in [5.74, 6) is 0. The molecule has 3 nitrogen and oxygen atoms in total. The number of hydrogen-bond donors (Lipinski definition) is 0. The van der Waals surface area contributed by atoms with E-state index < -0.39 is 0 Å². The standard InChI is InChI=1S/C10H20O3/c1-9(2,3)7-8(10(4,5)6)12-13-11-7/h7-8H,1-6H3/t7-,8-/m1/s1. The van der Waals surface area contributed by atoms with Crippen LogP contribution in [0.2, 0.25) is 0 Å². The van der Waals surface area contributed by atoms with Gasteiger partial charge in [0.25, 0.3) is 0 Å². The van der Waals surface area contributed by atoms with E-state index in [1.165, 1.54) is 0 Å². The summed E-state index contributed by atoms with van der Waals surface area (Å²) in [6.45, 7) is 12.7. The Morgan fingerprint density at radius 2 is 1.00 bits per heavy atom. The van der Waals surface area contributed by atoms with Crippen molar-refractivity contribution in [3.05, 3.63) is 0 Å². The maximum absolute atomic E-state index is 5.13. The molecule has 78 valence electrons. The maximum atomic E-state index is 5.13. The molecule has 13 heavy (non-hydrogen) atoms. The third-order valence-electron chi connectivity index (χ3n) is 2.27. The van der Waals surface area contributed by atoms with E-state index in [-0.39, 0.29) is 23.0 Å². The molecule has 1 aliphatic rings. The molecule has 2 atom stereocenters. The van der Waals surface area contributed by atoms with E-state index in [0.29, 0.717) is 0 Å². The zero-order valence-electron chi connectivity index (χ0n) is 9.38. The van der Waals surface area contributed by atoms with Crippen molar-refractivity contribution in [3.8, 4) is 0 Å². The van der Waals surface area contributed by atoms with Crippen molar-refractivity contribution in [3.63, 3.8) is 0 Å². The minimum atomic E-state index is -0.00694. The van der Waals surface area contributed by atoms with E-state index in [1.54, 1.807) is 0 Å². The van der Waals surface area contributed by atoms with Gasteiger partial charge < -0.3 is 0 Å². The fourth-order valence-electron chi connectivity index (χ4n) is 1.41. The van der Waals surface area contributed by atoms with Crippen LogP contribution in [-0.2, 0) is 14.8 Å². The lowest BCUT2D eigenvalue weighted by molar-refractivity contribution is -0.471. The van der Waals surface area contributed by atoms with Crippen LogP contribution in [0.5, 0.6) is 0 Å².